The van der Waals surface area contributed by atoms with Crippen LogP contribution in [0, 0.1) is 0 Å². The summed E-state index contributed by atoms with van der Waals surface area (Å²) in [5.41, 5.74) is 2.05. The summed E-state index contributed by atoms with van der Waals surface area (Å²) in [5, 5.41) is 0. The number of amides is 1. The third-order valence-corrected chi connectivity index (χ3v) is 5.94. The number of furan rings is 1. The lowest BCUT2D eigenvalue weighted by atomic mass is 9.92. The Balaban J connectivity index is 1.67. The summed E-state index contributed by atoms with van der Waals surface area (Å²) in [7, 11) is 4.83. The van der Waals surface area contributed by atoms with Gasteiger partial charge in [-0.3, -0.25) is 4.79 Å². The fourth-order valence-electron chi connectivity index (χ4n) is 3.87. The van der Waals surface area contributed by atoms with Gasteiger partial charge >= 0.3 is 0 Å². The molecule has 1 aliphatic rings. The van der Waals surface area contributed by atoms with Crippen LogP contribution >= 0.6 is 15.9 Å². The van der Waals surface area contributed by atoms with E-state index >= 15 is 0 Å². The first kappa shape index (κ1) is 22.1. The van der Waals surface area contributed by atoms with Crippen molar-refractivity contribution in [2.75, 3.05) is 34.5 Å². The van der Waals surface area contributed by atoms with E-state index in [1.807, 2.05) is 36.4 Å². The second kappa shape index (κ2) is 9.56. The Morgan fingerprint density at radius 2 is 1.69 bits per heavy atom. The largest absolute Gasteiger partial charge is 0.497 e. The molecular formula is C24H24BrNO6. The van der Waals surface area contributed by atoms with Gasteiger partial charge in [0.2, 0.25) is 0 Å². The molecule has 1 aromatic heterocycles. The van der Waals surface area contributed by atoms with Crippen LogP contribution in [0.1, 0.15) is 27.7 Å². The Bertz CT molecular complexity index is 1090. The van der Waals surface area contributed by atoms with Gasteiger partial charge in [0.05, 0.1) is 27.4 Å². The molecule has 8 heteroatoms. The van der Waals surface area contributed by atoms with Gasteiger partial charge in [-0.2, -0.15) is 0 Å². The second-order valence-corrected chi connectivity index (χ2v) is 8.04. The molecule has 0 bridgehead atoms. The Hall–Kier alpha value is -3.13. The first-order valence-electron chi connectivity index (χ1n) is 10.1. The Labute approximate surface area is 194 Å². The molecule has 2 aromatic carbocycles. The van der Waals surface area contributed by atoms with Crippen LogP contribution in [0.3, 0.4) is 0 Å². The lowest BCUT2D eigenvalue weighted by Crippen LogP contribution is -2.42. The van der Waals surface area contributed by atoms with Gasteiger partial charge in [-0.1, -0.05) is 0 Å². The van der Waals surface area contributed by atoms with E-state index in [0.29, 0.717) is 34.9 Å². The zero-order valence-corrected chi connectivity index (χ0v) is 19.7. The summed E-state index contributed by atoms with van der Waals surface area (Å²) in [4.78, 5) is 15.1. The number of hydrogen-bond acceptors (Lipinski definition) is 6. The molecule has 0 N–H and O–H groups in total. The summed E-state index contributed by atoms with van der Waals surface area (Å²) in [5.74, 6) is 2.78. The van der Waals surface area contributed by atoms with Gasteiger partial charge in [0.1, 0.15) is 18.1 Å². The number of carbonyl (C=O) groups is 1. The highest BCUT2D eigenvalue weighted by atomic mass is 79.9. The molecule has 0 aliphatic carbocycles. The Morgan fingerprint density at radius 3 is 2.31 bits per heavy atom. The van der Waals surface area contributed by atoms with Crippen molar-refractivity contribution >= 4 is 21.8 Å². The molecule has 0 saturated carbocycles. The van der Waals surface area contributed by atoms with Gasteiger partial charge in [-0.05, 0) is 82.0 Å². The standard InChI is InChI=1S/C24H24BrNO6/c1-28-16-4-6-17(7-5-16)31-14-19-18-13-22(30-3)21(29-2)12-15(18)10-11-26(19)24(27)20-8-9-23(25)32-20/h4-9,12-13,19H,10-11,14H2,1-3H3. The minimum Gasteiger partial charge on any atom is -0.497 e. The van der Waals surface area contributed by atoms with Crippen LogP contribution in [0.2, 0.25) is 0 Å². The minimum absolute atomic E-state index is 0.195. The lowest BCUT2D eigenvalue weighted by molar-refractivity contribution is 0.0556. The third kappa shape index (κ3) is 4.41. The number of carbonyl (C=O) groups excluding carboxylic acids is 1. The Morgan fingerprint density at radius 1 is 1.00 bits per heavy atom. The number of rotatable bonds is 7. The zero-order chi connectivity index (χ0) is 22.7. The van der Waals surface area contributed by atoms with Crippen LogP contribution in [-0.4, -0.2) is 45.3 Å². The van der Waals surface area contributed by atoms with Crippen molar-refractivity contribution in [3.05, 3.63) is 70.1 Å². The smallest absolute Gasteiger partial charge is 0.290 e. The molecule has 0 spiro atoms. The van der Waals surface area contributed by atoms with Crippen molar-refractivity contribution < 1.29 is 28.2 Å². The van der Waals surface area contributed by atoms with E-state index < -0.39 is 0 Å². The van der Waals surface area contributed by atoms with Crippen LogP contribution in [-0.2, 0) is 6.42 Å². The van der Waals surface area contributed by atoms with E-state index in [9.17, 15) is 4.79 Å². The maximum Gasteiger partial charge on any atom is 0.290 e. The van der Waals surface area contributed by atoms with Crippen LogP contribution in [0.5, 0.6) is 23.0 Å². The van der Waals surface area contributed by atoms with Gasteiger partial charge in [-0.15, -0.1) is 0 Å². The molecule has 1 amide bonds. The maximum absolute atomic E-state index is 13.3. The van der Waals surface area contributed by atoms with Crippen molar-refractivity contribution in [3.63, 3.8) is 0 Å². The van der Waals surface area contributed by atoms with Crippen molar-refractivity contribution in [1.82, 2.24) is 4.90 Å². The SMILES string of the molecule is COc1ccc(OCC2c3cc(OC)c(OC)cc3CCN2C(=O)c2ccc(Br)o2)cc1. The van der Waals surface area contributed by atoms with Gasteiger partial charge in [0.25, 0.3) is 5.91 Å². The fraction of sp³-hybridized carbons (Fsp3) is 0.292. The van der Waals surface area contributed by atoms with Gasteiger partial charge in [0, 0.05) is 6.54 Å². The van der Waals surface area contributed by atoms with Crippen molar-refractivity contribution in [2.24, 2.45) is 0 Å². The molecule has 1 atom stereocenters. The van der Waals surface area contributed by atoms with E-state index in [-0.39, 0.29) is 24.3 Å². The molecule has 2 heterocycles. The van der Waals surface area contributed by atoms with Crippen molar-refractivity contribution in [1.29, 1.82) is 0 Å². The monoisotopic (exact) mass is 501 g/mol. The quantitative estimate of drug-likeness (QED) is 0.459. The zero-order valence-electron chi connectivity index (χ0n) is 18.1. The number of halogens is 1. The molecule has 4 rings (SSSR count). The van der Waals surface area contributed by atoms with Gasteiger partial charge in [-0.25, -0.2) is 0 Å². The number of hydrogen-bond donors (Lipinski definition) is 0. The van der Waals surface area contributed by atoms with E-state index in [1.54, 1.807) is 38.4 Å². The highest BCUT2D eigenvalue weighted by molar-refractivity contribution is 9.10. The lowest BCUT2D eigenvalue weighted by Gasteiger charge is -2.37. The molecular weight excluding hydrogens is 478 g/mol. The summed E-state index contributed by atoms with van der Waals surface area (Å²) >= 11 is 3.27. The Kier molecular flexibility index (Phi) is 6.60. The van der Waals surface area contributed by atoms with Crippen molar-refractivity contribution in [3.8, 4) is 23.0 Å². The number of fused-ring (bicyclic) bond motifs is 1. The molecule has 168 valence electrons. The summed E-state index contributed by atoms with van der Waals surface area (Å²) < 4.78 is 28.3. The normalized spacial score (nSPS) is 15.1. The minimum atomic E-state index is -0.336. The summed E-state index contributed by atoms with van der Waals surface area (Å²) in [6.45, 7) is 0.790. The molecule has 1 aliphatic heterocycles. The van der Waals surface area contributed by atoms with Crippen molar-refractivity contribution in [2.45, 2.75) is 12.5 Å². The molecule has 7 nitrogen and oxygen atoms in total. The molecule has 32 heavy (non-hydrogen) atoms. The van der Waals surface area contributed by atoms with E-state index in [1.165, 1.54) is 0 Å². The van der Waals surface area contributed by atoms with Crippen LogP contribution in [0.25, 0.3) is 0 Å². The maximum atomic E-state index is 13.3. The first-order chi connectivity index (χ1) is 15.5. The molecule has 3 aromatic rings. The van der Waals surface area contributed by atoms with Crippen LogP contribution < -0.4 is 18.9 Å². The molecule has 0 saturated heterocycles. The summed E-state index contributed by atoms with van der Waals surface area (Å²) in [6.07, 6.45) is 0.683. The number of benzene rings is 2. The number of ether oxygens (including phenoxy) is 4. The topological polar surface area (TPSA) is 70.4 Å². The first-order valence-corrected chi connectivity index (χ1v) is 10.9. The van der Waals surface area contributed by atoms with Crippen LogP contribution in [0.4, 0.5) is 0 Å². The van der Waals surface area contributed by atoms with Gasteiger partial charge in [0.15, 0.2) is 21.9 Å². The molecule has 0 fully saturated rings. The highest BCUT2D eigenvalue weighted by Crippen LogP contribution is 2.39. The predicted octanol–water partition coefficient (Wildman–Crippen LogP) is 4.89. The van der Waals surface area contributed by atoms with E-state index in [2.05, 4.69) is 15.9 Å². The number of nitrogens with zero attached hydrogens (tertiary/aromatic N) is 1. The average molecular weight is 502 g/mol. The van der Waals surface area contributed by atoms with Crippen LogP contribution in [0.15, 0.2) is 57.6 Å². The van der Waals surface area contributed by atoms with Gasteiger partial charge < -0.3 is 28.3 Å². The second-order valence-electron chi connectivity index (χ2n) is 7.26. The van der Waals surface area contributed by atoms with E-state index in [4.69, 9.17) is 23.4 Å². The predicted molar refractivity (Wildman–Crippen MR) is 122 cm³/mol. The summed E-state index contributed by atoms with van der Waals surface area (Å²) in [6, 6.07) is 14.3. The average Bonchev–Trinajstić information content (AvgIpc) is 3.27. The molecule has 0 radical (unpaired) electrons. The fourth-order valence-corrected chi connectivity index (χ4v) is 4.18. The van der Waals surface area contributed by atoms with E-state index in [0.717, 1.165) is 16.9 Å². The highest BCUT2D eigenvalue weighted by Gasteiger charge is 2.34. The number of methoxy groups -OCH3 is 3. The third-order valence-electron chi connectivity index (χ3n) is 5.51. The molecule has 1 unspecified atom stereocenters.